The number of methoxy groups -OCH3 is 1. The minimum absolute atomic E-state index is 0.192. The van der Waals surface area contributed by atoms with E-state index in [-0.39, 0.29) is 11.7 Å². The summed E-state index contributed by atoms with van der Waals surface area (Å²) in [6.45, 7) is 2.43. The highest BCUT2D eigenvalue weighted by molar-refractivity contribution is 9.10. The molecule has 0 spiro atoms. The summed E-state index contributed by atoms with van der Waals surface area (Å²) in [5, 5.41) is 13.1. The van der Waals surface area contributed by atoms with Crippen LogP contribution in [0.4, 0.5) is 0 Å². The van der Waals surface area contributed by atoms with Crippen molar-refractivity contribution < 1.29 is 14.3 Å². The molecule has 0 saturated heterocycles. The van der Waals surface area contributed by atoms with Gasteiger partial charge in [0.15, 0.2) is 15.8 Å². The van der Waals surface area contributed by atoms with Crippen molar-refractivity contribution in [2.75, 3.05) is 19.5 Å². The van der Waals surface area contributed by atoms with Crippen LogP contribution in [0.25, 0.3) is 10.6 Å². The molecule has 0 aliphatic carbocycles. The van der Waals surface area contributed by atoms with Crippen LogP contribution in [0.1, 0.15) is 12.5 Å². The minimum Gasteiger partial charge on any atom is -0.493 e. The second-order valence-electron chi connectivity index (χ2n) is 5.79. The van der Waals surface area contributed by atoms with Crippen molar-refractivity contribution in [1.82, 2.24) is 15.6 Å². The fourth-order valence-electron chi connectivity index (χ4n) is 2.40. The number of carbonyl (C=O) groups is 1. The molecule has 0 saturated carbocycles. The maximum Gasteiger partial charge on any atom is 0.250 e. The van der Waals surface area contributed by atoms with Crippen LogP contribution in [0.3, 0.4) is 0 Å². The topological polar surface area (TPSA) is 85.7 Å². The van der Waals surface area contributed by atoms with Crippen LogP contribution in [0.2, 0.25) is 0 Å². The van der Waals surface area contributed by atoms with Gasteiger partial charge < -0.3 is 9.47 Å². The molecule has 0 aliphatic heterocycles. The van der Waals surface area contributed by atoms with Gasteiger partial charge in [-0.3, -0.25) is 4.79 Å². The molecule has 10 heteroatoms. The summed E-state index contributed by atoms with van der Waals surface area (Å²) in [5.74, 6) is 1.17. The van der Waals surface area contributed by atoms with Gasteiger partial charge >= 0.3 is 0 Å². The van der Waals surface area contributed by atoms with E-state index in [0.717, 1.165) is 24.9 Å². The van der Waals surface area contributed by atoms with Gasteiger partial charge in [0, 0.05) is 5.56 Å². The highest BCUT2D eigenvalue weighted by Crippen LogP contribution is 2.36. The van der Waals surface area contributed by atoms with Crippen molar-refractivity contribution in [3.05, 3.63) is 52.5 Å². The van der Waals surface area contributed by atoms with E-state index in [9.17, 15) is 4.79 Å². The summed E-state index contributed by atoms with van der Waals surface area (Å²) >= 11 is 6.23. The Morgan fingerprint density at radius 1 is 1.30 bits per heavy atom. The number of thioether (sulfide) groups is 1. The number of rotatable bonds is 9. The van der Waals surface area contributed by atoms with E-state index in [1.807, 2.05) is 43.3 Å². The zero-order chi connectivity index (χ0) is 21.3. The number of hydrogen-bond donors (Lipinski definition) is 1. The fraction of sp³-hybridized carbons (Fsp3) is 0.200. The Labute approximate surface area is 191 Å². The predicted octanol–water partition coefficient (Wildman–Crippen LogP) is 4.62. The molecule has 3 rings (SSSR count). The number of nitrogens with zero attached hydrogens (tertiary/aromatic N) is 3. The number of aromatic nitrogens is 2. The van der Waals surface area contributed by atoms with Crippen molar-refractivity contribution in [2.24, 2.45) is 5.10 Å². The van der Waals surface area contributed by atoms with Crippen LogP contribution < -0.4 is 14.9 Å². The normalized spacial score (nSPS) is 10.9. The van der Waals surface area contributed by atoms with E-state index >= 15 is 0 Å². The molecule has 0 fully saturated rings. The third-order valence-electron chi connectivity index (χ3n) is 3.70. The lowest BCUT2D eigenvalue weighted by Crippen LogP contribution is -2.19. The van der Waals surface area contributed by atoms with E-state index in [2.05, 4.69) is 36.7 Å². The zero-order valence-electron chi connectivity index (χ0n) is 16.3. The molecule has 0 unspecified atom stereocenters. The molecule has 0 bridgehead atoms. The molecular weight excluding hydrogens is 488 g/mol. The molecule has 3 aromatic rings. The summed E-state index contributed by atoms with van der Waals surface area (Å²) in [4.78, 5) is 12.1. The molecule has 1 heterocycles. The first-order chi connectivity index (χ1) is 14.6. The highest BCUT2D eigenvalue weighted by Gasteiger charge is 2.11. The van der Waals surface area contributed by atoms with Gasteiger partial charge in [0.1, 0.15) is 5.01 Å². The van der Waals surface area contributed by atoms with Crippen molar-refractivity contribution in [3.8, 4) is 22.1 Å². The van der Waals surface area contributed by atoms with E-state index < -0.39 is 0 Å². The Balaban J connectivity index is 1.53. The summed E-state index contributed by atoms with van der Waals surface area (Å²) in [6.07, 6.45) is 1.55. The van der Waals surface area contributed by atoms with E-state index in [4.69, 9.17) is 9.47 Å². The summed E-state index contributed by atoms with van der Waals surface area (Å²) in [6, 6.07) is 13.4. The quantitative estimate of drug-likeness (QED) is 0.259. The van der Waals surface area contributed by atoms with Gasteiger partial charge in [0.05, 0.1) is 30.2 Å². The first-order valence-electron chi connectivity index (χ1n) is 8.94. The fourth-order valence-corrected chi connectivity index (χ4v) is 4.63. The van der Waals surface area contributed by atoms with Crippen molar-refractivity contribution in [2.45, 2.75) is 11.3 Å². The largest absolute Gasteiger partial charge is 0.493 e. The van der Waals surface area contributed by atoms with E-state index in [0.29, 0.717) is 18.1 Å². The Kier molecular flexibility index (Phi) is 8.23. The van der Waals surface area contributed by atoms with Gasteiger partial charge in [-0.15, -0.1) is 10.2 Å². The van der Waals surface area contributed by atoms with Gasteiger partial charge in [-0.2, -0.15) is 5.10 Å². The average molecular weight is 507 g/mol. The molecule has 2 aromatic carbocycles. The Morgan fingerprint density at radius 3 is 2.83 bits per heavy atom. The molecule has 1 amide bonds. The lowest BCUT2D eigenvalue weighted by atomic mass is 10.2. The molecule has 1 aromatic heterocycles. The van der Waals surface area contributed by atoms with Crippen molar-refractivity contribution >= 4 is 51.2 Å². The number of amides is 1. The van der Waals surface area contributed by atoms with E-state index in [1.54, 1.807) is 19.4 Å². The number of hydrogen-bond acceptors (Lipinski definition) is 8. The Morgan fingerprint density at radius 2 is 2.10 bits per heavy atom. The average Bonchev–Trinajstić information content (AvgIpc) is 3.24. The molecule has 0 aliphatic rings. The van der Waals surface area contributed by atoms with Crippen molar-refractivity contribution in [3.63, 3.8) is 0 Å². The number of ether oxygens (including phenoxy) is 2. The first-order valence-corrected chi connectivity index (χ1v) is 11.5. The summed E-state index contributed by atoms with van der Waals surface area (Å²) in [5.41, 5.74) is 4.28. The number of halogens is 1. The second-order valence-corrected chi connectivity index (χ2v) is 8.84. The minimum atomic E-state index is -0.232. The lowest BCUT2D eigenvalue weighted by Gasteiger charge is -2.11. The van der Waals surface area contributed by atoms with Gasteiger partial charge in [-0.05, 0) is 40.5 Å². The molecule has 0 radical (unpaired) electrons. The zero-order valence-corrected chi connectivity index (χ0v) is 19.5. The van der Waals surface area contributed by atoms with Gasteiger partial charge in [-0.1, -0.05) is 53.4 Å². The molecule has 30 heavy (non-hydrogen) atoms. The van der Waals surface area contributed by atoms with Crippen LogP contribution in [-0.4, -0.2) is 41.8 Å². The van der Waals surface area contributed by atoms with Crippen LogP contribution in [-0.2, 0) is 4.79 Å². The van der Waals surface area contributed by atoms with E-state index in [1.165, 1.54) is 23.1 Å². The lowest BCUT2D eigenvalue weighted by molar-refractivity contribution is -0.118. The summed E-state index contributed by atoms with van der Waals surface area (Å²) in [7, 11) is 1.57. The standard InChI is InChI=1S/C20H19BrN4O3S2/c1-3-28-18-15(21)9-13(10-16(18)27-2)11-22-23-17(26)12-29-20-25-24-19(30-20)14-7-5-4-6-8-14/h4-11H,3,12H2,1-2H3,(H,23,26). The maximum absolute atomic E-state index is 12.1. The molecule has 1 N–H and O–H groups in total. The first kappa shape index (κ1) is 22.3. The maximum atomic E-state index is 12.1. The number of benzene rings is 2. The smallest absolute Gasteiger partial charge is 0.250 e. The van der Waals surface area contributed by atoms with Crippen molar-refractivity contribution in [1.29, 1.82) is 0 Å². The second kappa shape index (κ2) is 11.1. The third kappa shape index (κ3) is 6.04. The predicted molar refractivity (Wildman–Crippen MR) is 124 cm³/mol. The molecule has 7 nitrogen and oxygen atoms in total. The molecule has 0 atom stereocenters. The number of hydrazone groups is 1. The monoisotopic (exact) mass is 506 g/mol. The number of carbonyl (C=O) groups excluding carboxylic acids is 1. The summed E-state index contributed by atoms with van der Waals surface area (Å²) < 4.78 is 12.4. The molecule has 156 valence electrons. The highest BCUT2D eigenvalue weighted by atomic mass is 79.9. The van der Waals surface area contributed by atoms with Crippen LogP contribution in [0.15, 0.2) is 56.4 Å². The Hall–Kier alpha value is -2.43. The number of nitrogens with one attached hydrogen (secondary N) is 1. The van der Waals surface area contributed by atoms with Crippen LogP contribution >= 0.6 is 39.0 Å². The van der Waals surface area contributed by atoms with Crippen LogP contribution in [0.5, 0.6) is 11.5 Å². The van der Waals surface area contributed by atoms with Gasteiger partial charge in [0.2, 0.25) is 0 Å². The third-order valence-corrected chi connectivity index (χ3v) is 6.39. The van der Waals surface area contributed by atoms with Gasteiger partial charge in [0.25, 0.3) is 5.91 Å². The van der Waals surface area contributed by atoms with Crippen LogP contribution in [0, 0.1) is 0 Å². The van der Waals surface area contributed by atoms with Gasteiger partial charge in [-0.25, -0.2) is 5.43 Å². The SMILES string of the molecule is CCOc1c(Br)cc(C=NNC(=O)CSc2nnc(-c3ccccc3)s2)cc1OC. The molecular formula is C20H19BrN4O3S2. The Bertz CT molecular complexity index is 1030.